The summed E-state index contributed by atoms with van der Waals surface area (Å²) in [7, 11) is -3.72. The Morgan fingerprint density at radius 3 is 2.67 bits per heavy atom. The number of sulfonamides is 1. The van der Waals surface area contributed by atoms with Gasteiger partial charge in [-0.25, -0.2) is 13.6 Å². The molecular weight excluding hydrogens is 254 g/mol. The number of rotatable bonds is 5. The molecule has 0 saturated carbocycles. The van der Waals surface area contributed by atoms with E-state index >= 15 is 0 Å². The van der Waals surface area contributed by atoms with Crippen LogP contribution in [0.4, 0.5) is 0 Å². The predicted molar refractivity (Wildman–Crippen MR) is 67.9 cm³/mol. The van der Waals surface area contributed by atoms with Gasteiger partial charge in [0.1, 0.15) is 0 Å². The molecular formula is C11H17N3O3S. The normalized spacial score (nSPS) is 13.1. The molecule has 1 unspecified atom stereocenters. The molecule has 1 amide bonds. The number of benzene rings is 1. The molecule has 18 heavy (non-hydrogen) atoms. The van der Waals surface area contributed by atoms with Crippen LogP contribution in [0.3, 0.4) is 0 Å². The SMILES string of the molecule is CCC(N)C(=O)NCc1cccc(S(N)(=O)=O)c1. The van der Waals surface area contributed by atoms with Crippen molar-refractivity contribution in [1.82, 2.24) is 5.32 Å². The summed E-state index contributed by atoms with van der Waals surface area (Å²) >= 11 is 0. The maximum atomic E-state index is 11.5. The fraction of sp³-hybridized carbons (Fsp3) is 0.364. The number of nitrogens with two attached hydrogens (primary N) is 2. The lowest BCUT2D eigenvalue weighted by Gasteiger charge is -2.10. The van der Waals surface area contributed by atoms with E-state index in [0.29, 0.717) is 12.0 Å². The monoisotopic (exact) mass is 271 g/mol. The Labute approximate surface area is 106 Å². The van der Waals surface area contributed by atoms with Gasteiger partial charge in [0, 0.05) is 6.54 Å². The zero-order valence-corrected chi connectivity index (χ0v) is 10.9. The highest BCUT2D eigenvalue weighted by atomic mass is 32.2. The van der Waals surface area contributed by atoms with Crippen molar-refractivity contribution < 1.29 is 13.2 Å². The molecule has 0 heterocycles. The van der Waals surface area contributed by atoms with E-state index in [0.717, 1.165) is 0 Å². The van der Waals surface area contributed by atoms with Gasteiger partial charge in [-0.15, -0.1) is 0 Å². The fourth-order valence-electron chi connectivity index (χ4n) is 1.34. The minimum atomic E-state index is -3.72. The summed E-state index contributed by atoms with van der Waals surface area (Å²) in [6.45, 7) is 2.03. The van der Waals surface area contributed by atoms with Crippen molar-refractivity contribution in [2.24, 2.45) is 10.9 Å². The zero-order chi connectivity index (χ0) is 13.8. The Kier molecular flexibility index (Phi) is 4.83. The quantitative estimate of drug-likeness (QED) is 0.681. The number of primary sulfonamides is 1. The van der Waals surface area contributed by atoms with E-state index < -0.39 is 16.1 Å². The molecule has 0 spiro atoms. The maximum Gasteiger partial charge on any atom is 0.238 e. The molecule has 0 aromatic heterocycles. The van der Waals surface area contributed by atoms with Crippen LogP contribution in [0.15, 0.2) is 29.2 Å². The topological polar surface area (TPSA) is 115 Å². The van der Waals surface area contributed by atoms with Crippen LogP contribution in [0.2, 0.25) is 0 Å². The van der Waals surface area contributed by atoms with E-state index in [2.05, 4.69) is 5.32 Å². The first kappa shape index (κ1) is 14.6. The summed E-state index contributed by atoms with van der Waals surface area (Å²) in [6.07, 6.45) is 0.545. The van der Waals surface area contributed by atoms with Gasteiger partial charge in [-0.3, -0.25) is 4.79 Å². The number of nitrogens with one attached hydrogen (secondary N) is 1. The molecule has 0 aliphatic heterocycles. The number of carbonyl (C=O) groups excluding carboxylic acids is 1. The molecule has 7 heteroatoms. The van der Waals surface area contributed by atoms with Gasteiger partial charge in [0.05, 0.1) is 10.9 Å². The molecule has 0 aliphatic rings. The Morgan fingerprint density at radius 2 is 2.11 bits per heavy atom. The number of carbonyl (C=O) groups is 1. The van der Waals surface area contributed by atoms with E-state index in [1.807, 2.05) is 6.92 Å². The Balaban J connectivity index is 2.72. The number of hydrogen-bond acceptors (Lipinski definition) is 4. The van der Waals surface area contributed by atoms with Crippen LogP contribution in [0.5, 0.6) is 0 Å². The van der Waals surface area contributed by atoms with Crippen molar-refractivity contribution in [3.05, 3.63) is 29.8 Å². The Bertz CT molecular complexity index is 528. The largest absolute Gasteiger partial charge is 0.351 e. The molecule has 0 fully saturated rings. The second kappa shape index (κ2) is 5.94. The highest BCUT2D eigenvalue weighted by molar-refractivity contribution is 7.89. The van der Waals surface area contributed by atoms with Crippen molar-refractivity contribution in [2.75, 3.05) is 0 Å². The summed E-state index contributed by atoms with van der Waals surface area (Å²) in [5, 5.41) is 7.64. The van der Waals surface area contributed by atoms with Crippen molar-refractivity contribution in [3.63, 3.8) is 0 Å². The van der Waals surface area contributed by atoms with Crippen molar-refractivity contribution >= 4 is 15.9 Å². The van der Waals surface area contributed by atoms with Gasteiger partial charge in [0.15, 0.2) is 0 Å². The van der Waals surface area contributed by atoms with E-state index in [4.69, 9.17) is 10.9 Å². The summed E-state index contributed by atoms with van der Waals surface area (Å²) in [6, 6.07) is 5.55. The molecule has 0 radical (unpaired) electrons. The molecule has 1 rings (SSSR count). The van der Waals surface area contributed by atoms with Crippen LogP contribution in [0.1, 0.15) is 18.9 Å². The molecule has 100 valence electrons. The second-order valence-corrected chi connectivity index (χ2v) is 5.49. The first-order valence-electron chi connectivity index (χ1n) is 5.49. The van der Waals surface area contributed by atoms with E-state index in [-0.39, 0.29) is 17.3 Å². The first-order valence-corrected chi connectivity index (χ1v) is 7.04. The standard InChI is InChI=1S/C11H17N3O3S/c1-2-10(12)11(15)14-7-8-4-3-5-9(6-8)18(13,16)17/h3-6,10H,2,7,12H2,1H3,(H,14,15)(H2,13,16,17). The van der Waals surface area contributed by atoms with Gasteiger partial charge < -0.3 is 11.1 Å². The molecule has 0 aliphatic carbocycles. The van der Waals surface area contributed by atoms with E-state index in [1.54, 1.807) is 12.1 Å². The molecule has 1 aromatic rings. The third kappa shape index (κ3) is 4.10. The van der Waals surface area contributed by atoms with Crippen LogP contribution < -0.4 is 16.2 Å². The van der Waals surface area contributed by atoms with Crippen molar-refractivity contribution in [1.29, 1.82) is 0 Å². The molecule has 1 aromatic carbocycles. The average molecular weight is 271 g/mol. The van der Waals surface area contributed by atoms with Crippen LogP contribution in [0.25, 0.3) is 0 Å². The summed E-state index contributed by atoms with van der Waals surface area (Å²) in [4.78, 5) is 11.5. The summed E-state index contributed by atoms with van der Waals surface area (Å²) in [5.74, 6) is -0.265. The van der Waals surface area contributed by atoms with Gasteiger partial charge in [-0.1, -0.05) is 19.1 Å². The summed E-state index contributed by atoms with van der Waals surface area (Å²) < 4.78 is 22.3. The van der Waals surface area contributed by atoms with Gasteiger partial charge >= 0.3 is 0 Å². The minimum Gasteiger partial charge on any atom is -0.351 e. The van der Waals surface area contributed by atoms with Gasteiger partial charge in [0.25, 0.3) is 0 Å². The highest BCUT2D eigenvalue weighted by Crippen LogP contribution is 2.09. The molecule has 6 nitrogen and oxygen atoms in total. The maximum absolute atomic E-state index is 11.5. The summed E-state index contributed by atoms with van der Waals surface area (Å²) in [5.41, 5.74) is 6.20. The van der Waals surface area contributed by atoms with Crippen molar-refractivity contribution in [2.45, 2.75) is 30.8 Å². The van der Waals surface area contributed by atoms with Crippen LogP contribution in [-0.4, -0.2) is 20.4 Å². The van der Waals surface area contributed by atoms with Crippen LogP contribution in [-0.2, 0) is 21.4 Å². The second-order valence-electron chi connectivity index (χ2n) is 3.92. The average Bonchev–Trinajstić information content (AvgIpc) is 2.34. The van der Waals surface area contributed by atoms with Crippen molar-refractivity contribution in [3.8, 4) is 0 Å². The third-order valence-electron chi connectivity index (χ3n) is 2.47. The fourth-order valence-corrected chi connectivity index (χ4v) is 1.92. The first-order chi connectivity index (χ1) is 8.34. The Hall–Kier alpha value is -1.44. The van der Waals surface area contributed by atoms with Crippen LogP contribution >= 0.6 is 0 Å². The van der Waals surface area contributed by atoms with Crippen LogP contribution in [0, 0.1) is 0 Å². The molecule has 5 N–H and O–H groups in total. The lowest BCUT2D eigenvalue weighted by atomic mass is 10.2. The molecule has 0 bridgehead atoms. The van der Waals surface area contributed by atoms with Gasteiger partial charge in [0.2, 0.25) is 15.9 Å². The molecule has 0 saturated heterocycles. The third-order valence-corrected chi connectivity index (χ3v) is 3.38. The minimum absolute atomic E-state index is 0.0223. The smallest absolute Gasteiger partial charge is 0.238 e. The predicted octanol–water partition coefficient (Wildman–Crippen LogP) is -0.312. The lowest BCUT2D eigenvalue weighted by molar-refractivity contribution is -0.122. The Morgan fingerprint density at radius 1 is 1.44 bits per heavy atom. The highest BCUT2D eigenvalue weighted by Gasteiger charge is 2.11. The van der Waals surface area contributed by atoms with Gasteiger partial charge in [-0.2, -0.15) is 0 Å². The number of amides is 1. The molecule has 1 atom stereocenters. The zero-order valence-electron chi connectivity index (χ0n) is 10.1. The number of hydrogen-bond donors (Lipinski definition) is 3. The lowest BCUT2D eigenvalue weighted by Crippen LogP contribution is -2.39. The van der Waals surface area contributed by atoms with E-state index in [9.17, 15) is 13.2 Å². The van der Waals surface area contributed by atoms with Gasteiger partial charge in [-0.05, 0) is 24.1 Å². The van der Waals surface area contributed by atoms with E-state index in [1.165, 1.54) is 12.1 Å².